The second-order valence-corrected chi connectivity index (χ2v) is 7.99. The van der Waals surface area contributed by atoms with Crippen LogP contribution < -0.4 is 9.64 Å². The summed E-state index contributed by atoms with van der Waals surface area (Å²) >= 11 is 0. The van der Waals surface area contributed by atoms with Gasteiger partial charge in [-0.2, -0.15) is 4.98 Å². The molecule has 0 bridgehead atoms. The molecule has 1 aromatic carbocycles. The molecule has 31 heavy (non-hydrogen) atoms. The van der Waals surface area contributed by atoms with E-state index in [0.717, 1.165) is 12.8 Å². The number of Topliss-reactive ketones (excluding diaryl/α,β-unsaturated/α-hetero) is 1. The van der Waals surface area contributed by atoms with Gasteiger partial charge < -0.3 is 19.2 Å². The van der Waals surface area contributed by atoms with Crippen molar-refractivity contribution in [3.8, 4) is 17.3 Å². The number of rotatable bonds is 9. The SMILES string of the molecule is COCCCOc1cc(C)nc(-c2cc(F)c(N3CCC(CC(C)=O)CC3)c(F)c2)n1. The van der Waals surface area contributed by atoms with E-state index in [9.17, 15) is 13.6 Å². The van der Waals surface area contributed by atoms with Crippen LogP contribution in [-0.2, 0) is 9.53 Å². The molecule has 2 aromatic rings. The highest BCUT2D eigenvalue weighted by atomic mass is 19.1. The van der Waals surface area contributed by atoms with Crippen LogP contribution in [0.3, 0.4) is 0 Å². The largest absolute Gasteiger partial charge is 0.477 e. The number of halogens is 2. The highest BCUT2D eigenvalue weighted by Gasteiger charge is 2.25. The van der Waals surface area contributed by atoms with E-state index in [0.29, 0.717) is 50.7 Å². The Labute approximate surface area is 181 Å². The van der Waals surface area contributed by atoms with Crippen molar-refractivity contribution in [2.24, 2.45) is 5.92 Å². The Morgan fingerprint density at radius 3 is 2.42 bits per heavy atom. The quantitative estimate of drug-likeness (QED) is 0.548. The lowest BCUT2D eigenvalue weighted by atomic mass is 9.91. The number of hydrogen-bond donors (Lipinski definition) is 0. The smallest absolute Gasteiger partial charge is 0.217 e. The van der Waals surface area contributed by atoms with Gasteiger partial charge in [-0.3, -0.25) is 0 Å². The Morgan fingerprint density at radius 1 is 1.13 bits per heavy atom. The first-order valence-electron chi connectivity index (χ1n) is 10.6. The third kappa shape index (κ3) is 6.19. The van der Waals surface area contributed by atoms with Crippen molar-refractivity contribution in [2.45, 2.75) is 39.5 Å². The molecule has 1 fully saturated rings. The van der Waals surface area contributed by atoms with Crippen LogP contribution >= 0.6 is 0 Å². The molecule has 168 valence electrons. The third-order valence-electron chi connectivity index (χ3n) is 5.36. The number of ether oxygens (including phenoxy) is 2. The number of ketones is 1. The molecule has 0 atom stereocenters. The topological polar surface area (TPSA) is 64.6 Å². The molecule has 8 heteroatoms. The summed E-state index contributed by atoms with van der Waals surface area (Å²) in [5.41, 5.74) is 0.869. The van der Waals surface area contributed by atoms with Crippen molar-refractivity contribution in [3.63, 3.8) is 0 Å². The Kier molecular flexibility index (Phi) is 7.90. The van der Waals surface area contributed by atoms with Gasteiger partial charge in [0.05, 0.1) is 6.61 Å². The zero-order valence-electron chi connectivity index (χ0n) is 18.3. The molecule has 0 amide bonds. The summed E-state index contributed by atoms with van der Waals surface area (Å²) in [5.74, 6) is -0.287. The first-order chi connectivity index (χ1) is 14.9. The maximum Gasteiger partial charge on any atom is 0.217 e. The molecular formula is C23H29F2N3O3. The standard InChI is InChI=1S/C23H29F2N3O3/c1-15-11-21(31-10-4-9-30-3)27-23(26-15)18-13-19(24)22(20(25)14-18)28-7-5-17(6-8-28)12-16(2)29/h11,13-14,17H,4-10,12H2,1-3H3. The molecule has 0 spiro atoms. The number of aryl methyl sites for hydroxylation is 1. The first kappa shape index (κ1) is 23.1. The van der Waals surface area contributed by atoms with Crippen molar-refractivity contribution in [3.05, 3.63) is 35.5 Å². The molecule has 1 saturated heterocycles. The van der Waals surface area contributed by atoms with E-state index in [4.69, 9.17) is 9.47 Å². The van der Waals surface area contributed by atoms with Gasteiger partial charge in [0.15, 0.2) is 5.82 Å². The monoisotopic (exact) mass is 433 g/mol. The van der Waals surface area contributed by atoms with E-state index < -0.39 is 11.6 Å². The van der Waals surface area contributed by atoms with Crippen LogP contribution in [0.1, 0.15) is 38.3 Å². The van der Waals surface area contributed by atoms with Crippen LogP contribution in [0.4, 0.5) is 14.5 Å². The number of anilines is 1. The molecule has 1 aromatic heterocycles. The van der Waals surface area contributed by atoms with Crippen LogP contribution in [0, 0.1) is 24.5 Å². The lowest BCUT2D eigenvalue weighted by Gasteiger charge is -2.33. The Hall–Kier alpha value is -2.61. The van der Waals surface area contributed by atoms with Crippen molar-refractivity contribution in [1.82, 2.24) is 9.97 Å². The number of hydrogen-bond acceptors (Lipinski definition) is 6. The van der Waals surface area contributed by atoms with Crippen molar-refractivity contribution < 1.29 is 23.0 Å². The average Bonchev–Trinajstić information content (AvgIpc) is 2.71. The van der Waals surface area contributed by atoms with Crippen molar-refractivity contribution >= 4 is 11.5 Å². The van der Waals surface area contributed by atoms with Crippen LogP contribution in [-0.4, -0.2) is 49.2 Å². The molecule has 0 aliphatic carbocycles. The predicted molar refractivity (Wildman–Crippen MR) is 114 cm³/mol. The molecular weight excluding hydrogens is 404 g/mol. The highest BCUT2D eigenvalue weighted by Crippen LogP contribution is 2.32. The van der Waals surface area contributed by atoms with E-state index in [1.54, 1.807) is 31.9 Å². The average molecular weight is 433 g/mol. The maximum atomic E-state index is 14.9. The van der Waals surface area contributed by atoms with Crippen LogP contribution in [0.2, 0.25) is 0 Å². The predicted octanol–water partition coefficient (Wildman–Crippen LogP) is 4.34. The number of carbonyl (C=O) groups is 1. The Bertz CT molecular complexity index is 892. The fourth-order valence-corrected chi connectivity index (χ4v) is 3.89. The molecule has 0 unspecified atom stereocenters. The van der Waals surface area contributed by atoms with Gasteiger partial charge in [0, 0.05) is 57.0 Å². The summed E-state index contributed by atoms with van der Waals surface area (Å²) in [4.78, 5) is 21.7. The van der Waals surface area contributed by atoms with Gasteiger partial charge in [0.1, 0.15) is 23.1 Å². The molecule has 1 aliphatic rings. The lowest BCUT2D eigenvalue weighted by Crippen LogP contribution is -2.35. The van der Waals surface area contributed by atoms with E-state index in [1.165, 1.54) is 12.1 Å². The van der Waals surface area contributed by atoms with E-state index in [2.05, 4.69) is 9.97 Å². The second kappa shape index (κ2) is 10.6. The minimum atomic E-state index is -0.646. The molecule has 3 rings (SSSR count). The van der Waals surface area contributed by atoms with Crippen molar-refractivity contribution in [1.29, 1.82) is 0 Å². The van der Waals surface area contributed by atoms with Gasteiger partial charge in [-0.25, -0.2) is 13.8 Å². The van der Waals surface area contributed by atoms with Gasteiger partial charge in [-0.1, -0.05) is 0 Å². The van der Waals surface area contributed by atoms with Gasteiger partial charge in [0.25, 0.3) is 0 Å². The first-order valence-corrected chi connectivity index (χ1v) is 10.6. The Balaban J connectivity index is 1.76. The number of piperidine rings is 1. The summed E-state index contributed by atoms with van der Waals surface area (Å²) < 4.78 is 40.5. The lowest BCUT2D eigenvalue weighted by molar-refractivity contribution is -0.118. The molecule has 0 saturated carbocycles. The fourth-order valence-electron chi connectivity index (χ4n) is 3.89. The number of nitrogens with zero attached hydrogens (tertiary/aromatic N) is 3. The molecule has 6 nitrogen and oxygen atoms in total. The van der Waals surface area contributed by atoms with E-state index in [1.807, 2.05) is 0 Å². The van der Waals surface area contributed by atoms with E-state index in [-0.39, 0.29) is 28.8 Å². The minimum Gasteiger partial charge on any atom is -0.477 e. The minimum absolute atomic E-state index is 0.0336. The summed E-state index contributed by atoms with van der Waals surface area (Å²) in [6.45, 7) is 5.39. The normalized spacial score (nSPS) is 14.7. The van der Waals surface area contributed by atoms with E-state index >= 15 is 0 Å². The molecule has 1 aliphatic heterocycles. The molecule has 0 radical (unpaired) electrons. The number of benzene rings is 1. The van der Waals surface area contributed by atoms with Gasteiger partial charge >= 0.3 is 0 Å². The summed E-state index contributed by atoms with van der Waals surface area (Å²) in [5, 5.41) is 0. The zero-order valence-corrected chi connectivity index (χ0v) is 18.3. The maximum absolute atomic E-state index is 14.9. The van der Waals surface area contributed by atoms with Gasteiger partial charge in [0.2, 0.25) is 5.88 Å². The number of carbonyl (C=O) groups excluding carboxylic acids is 1. The van der Waals surface area contributed by atoms with Gasteiger partial charge in [-0.05, 0) is 44.7 Å². The van der Waals surface area contributed by atoms with Crippen LogP contribution in [0.15, 0.2) is 18.2 Å². The summed E-state index contributed by atoms with van der Waals surface area (Å²) in [7, 11) is 1.62. The highest BCUT2D eigenvalue weighted by molar-refractivity contribution is 5.75. The van der Waals surface area contributed by atoms with Crippen molar-refractivity contribution in [2.75, 3.05) is 38.3 Å². The zero-order chi connectivity index (χ0) is 22.4. The number of aromatic nitrogens is 2. The molecule has 2 heterocycles. The van der Waals surface area contributed by atoms with Gasteiger partial charge in [-0.15, -0.1) is 0 Å². The summed E-state index contributed by atoms with van der Waals surface area (Å²) in [6.07, 6.45) is 2.71. The number of methoxy groups -OCH3 is 1. The fraction of sp³-hybridized carbons (Fsp3) is 0.522. The van der Waals surface area contributed by atoms with Crippen LogP contribution in [0.25, 0.3) is 11.4 Å². The molecule has 0 N–H and O–H groups in total. The van der Waals surface area contributed by atoms with Crippen LogP contribution in [0.5, 0.6) is 5.88 Å². The summed E-state index contributed by atoms with van der Waals surface area (Å²) in [6, 6.07) is 4.22. The second-order valence-electron chi connectivity index (χ2n) is 7.99. The Morgan fingerprint density at radius 2 is 1.81 bits per heavy atom. The third-order valence-corrected chi connectivity index (χ3v) is 5.36.